The summed E-state index contributed by atoms with van der Waals surface area (Å²) in [6, 6.07) is 3.73. The normalized spacial score (nSPS) is 17.1. The molecule has 2 aromatic heterocycles. The van der Waals surface area contributed by atoms with Gasteiger partial charge in [-0.3, -0.25) is 0 Å². The number of H-pyrrole nitrogens is 1. The molecule has 0 aliphatic heterocycles. The zero-order chi connectivity index (χ0) is 9.54. The summed E-state index contributed by atoms with van der Waals surface area (Å²) in [5, 5.41) is 0. The molecule has 4 nitrogen and oxygen atoms in total. The minimum absolute atomic E-state index is 0.532. The first kappa shape index (κ1) is 7.79. The Morgan fingerprint density at radius 3 is 2.86 bits per heavy atom. The topological polar surface area (TPSA) is 67.6 Å². The van der Waals surface area contributed by atoms with Gasteiger partial charge in [0.2, 0.25) is 0 Å². The second-order valence-electron chi connectivity index (χ2n) is 3.86. The molecular weight excluding hydrogens is 176 g/mol. The Morgan fingerprint density at radius 2 is 2.14 bits per heavy atom. The maximum absolute atomic E-state index is 5.59. The number of nitrogens with one attached hydrogen (secondary N) is 1. The fraction of sp³-hybridized carbons (Fsp3) is 0.400. The molecule has 4 heteroatoms. The van der Waals surface area contributed by atoms with Gasteiger partial charge in [0.25, 0.3) is 0 Å². The highest BCUT2D eigenvalue weighted by atomic mass is 15.0. The van der Waals surface area contributed by atoms with Crippen LogP contribution < -0.4 is 5.73 Å². The van der Waals surface area contributed by atoms with Gasteiger partial charge in [0.15, 0.2) is 5.65 Å². The summed E-state index contributed by atoms with van der Waals surface area (Å²) >= 11 is 0. The highest BCUT2D eigenvalue weighted by molar-refractivity contribution is 5.72. The Bertz CT molecular complexity index is 470. The number of rotatable bonds is 1. The molecule has 3 N–H and O–H groups in total. The summed E-state index contributed by atoms with van der Waals surface area (Å²) in [6.45, 7) is 0. The van der Waals surface area contributed by atoms with Crippen molar-refractivity contribution in [1.82, 2.24) is 15.0 Å². The number of pyridine rings is 1. The highest BCUT2D eigenvalue weighted by Gasteiger charge is 2.22. The van der Waals surface area contributed by atoms with E-state index in [1.54, 1.807) is 6.07 Å². The number of nitrogens with two attached hydrogens (primary N) is 1. The zero-order valence-electron chi connectivity index (χ0n) is 7.83. The third kappa shape index (κ3) is 1.07. The quantitative estimate of drug-likeness (QED) is 0.717. The molecule has 0 saturated heterocycles. The van der Waals surface area contributed by atoms with Crippen LogP contribution in [0.25, 0.3) is 11.2 Å². The molecule has 1 saturated carbocycles. The number of imidazole rings is 1. The Labute approximate surface area is 81.6 Å². The number of hydrogen-bond acceptors (Lipinski definition) is 3. The second kappa shape index (κ2) is 2.70. The van der Waals surface area contributed by atoms with Gasteiger partial charge in [-0.15, -0.1) is 0 Å². The van der Waals surface area contributed by atoms with Crippen LogP contribution in [0.5, 0.6) is 0 Å². The first-order valence-corrected chi connectivity index (χ1v) is 4.95. The van der Waals surface area contributed by atoms with E-state index >= 15 is 0 Å². The smallest absolute Gasteiger partial charge is 0.179 e. The number of hydrogen-bond donors (Lipinski definition) is 2. The summed E-state index contributed by atoms with van der Waals surface area (Å²) in [6.07, 6.45) is 3.81. The Morgan fingerprint density at radius 1 is 1.29 bits per heavy atom. The molecule has 0 spiro atoms. The molecule has 1 fully saturated rings. The van der Waals surface area contributed by atoms with Gasteiger partial charge >= 0.3 is 0 Å². The molecule has 2 aromatic rings. The third-order valence-corrected chi connectivity index (χ3v) is 2.88. The molecule has 0 bridgehead atoms. The van der Waals surface area contributed by atoms with Crippen LogP contribution in [0.15, 0.2) is 12.1 Å². The van der Waals surface area contributed by atoms with Gasteiger partial charge < -0.3 is 10.7 Å². The molecular formula is C10H12N4. The molecule has 1 aliphatic carbocycles. The number of nitrogen functional groups attached to an aromatic ring is 1. The third-order valence-electron chi connectivity index (χ3n) is 2.88. The SMILES string of the molecule is Nc1ccc2[nH]c(C3CCC3)nc2n1. The van der Waals surface area contributed by atoms with Crippen LogP contribution in [0, 0.1) is 0 Å². The largest absolute Gasteiger partial charge is 0.384 e. The lowest BCUT2D eigenvalue weighted by Gasteiger charge is -2.22. The van der Waals surface area contributed by atoms with Gasteiger partial charge in [-0.1, -0.05) is 6.42 Å². The van der Waals surface area contributed by atoms with Crippen LogP contribution in [-0.2, 0) is 0 Å². The fourth-order valence-electron chi connectivity index (χ4n) is 1.80. The summed E-state index contributed by atoms with van der Waals surface area (Å²) in [7, 11) is 0. The number of aromatic nitrogens is 3. The van der Waals surface area contributed by atoms with Crippen molar-refractivity contribution in [3.05, 3.63) is 18.0 Å². The molecule has 0 radical (unpaired) electrons. The fourth-order valence-corrected chi connectivity index (χ4v) is 1.80. The second-order valence-corrected chi connectivity index (χ2v) is 3.86. The van der Waals surface area contributed by atoms with Gasteiger partial charge in [-0.05, 0) is 25.0 Å². The molecule has 3 rings (SSSR count). The zero-order valence-corrected chi connectivity index (χ0v) is 7.83. The minimum atomic E-state index is 0.532. The number of aromatic amines is 1. The predicted octanol–water partition coefficient (Wildman–Crippen LogP) is 1.81. The van der Waals surface area contributed by atoms with Gasteiger partial charge in [-0.25, -0.2) is 9.97 Å². The molecule has 0 unspecified atom stereocenters. The molecule has 0 aromatic carbocycles. The van der Waals surface area contributed by atoms with Crippen molar-refractivity contribution >= 4 is 17.0 Å². The molecule has 14 heavy (non-hydrogen) atoms. The Balaban J connectivity index is 2.10. The molecule has 72 valence electrons. The van der Waals surface area contributed by atoms with Crippen molar-refractivity contribution in [2.24, 2.45) is 0 Å². The molecule has 2 heterocycles. The van der Waals surface area contributed by atoms with E-state index < -0.39 is 0 Å². The highest BCUT2D eigenvalue weighted by Crippen LogP contribution is 2.35. The Hall–Kier alpha value is -1.58. The summed E-state index contributed by atoms with van der Waals surface area (Å²) in [5.41, 5.74) is 7.32. The minimum Gasteiger partial charge on any atom is -0.384 e. The van der Waals surface area contributed by atoms with Crippen molar-refractivity contribution in [2.45, 2.75) is 25.2 Å². The number of nitrogens with zero attached hydrogens (tertiary/aromatic N) is 2. The van der Waals surface area contributed by atoms with E-state index in [2.05, 4.69) is 15.0 Å². The molecule has 1 aliphatic rings. The Kier molecular flexibility index (Phi) is 1.50. The number of anilines is 1. The van der Waals surface area contributed by atoms with Crippen molar-refractivity contribution in [3.63, 3.8) is 0 Å². The average molecular weight is 188 g/mol. The average Bonchev–Trinajstić information content (AvgIpc) is 2.43. The molecule has 0 atom stereocenters. The lowest BCUT2D eigenvalue weighted by Crippen LogP contribution is -2.10. The monoisotopic (exact) mass is 188 g/mol. The van der Waals surface area contributed by atoms with Crippen LogP contribution in [0.3, 0.4) is 0 Å². The van der Waals surface area contributed by atoms with E-state index in [-0.39, 0.29) is 0 Å². The van der Waals surface area contributed by atoms with E-state index in [1.807, 2.05) is 6.07 Å². The predicted molar refractivity (Wildman–Crippen MR) is 54.9 cm³/mol. The van der Waals surface area contributed by atoms with E-state index in [0.29, 0.717) is 11.7 Å². The lowest BCUT2D eigenvalue weighted by atomic mass is 9.85. The van der Waals surface area contributed by atoms with E-state index in [9.17, 15) is 0 Å². The van der Waals surface area contributed by atoms with Gasteiger partial charge in [0, 0.05) is 5.92 Å². The van der Waals surface area contributed by atoms with Crippen molar-refractivity contribution in [3.8, 4) is 0 Å². The van der Waals surface area contributed by atoms with Crippen LogP contribution in [-0.4, -0.2) is 15.0 Å². The van der Waals surface area contributed by atoms with E-state index in [4.69, 9.17) is 5.73 Å². The van der Waals surface area contributed by atoms with E-state index in [0.717, 1.165) is 17.0 Å². The standard InChI is InChI=1S/C10H12N4/c11-8-5-4-7-10(13-8)14-9(12-7)6-2-1-3-6/h4-6H,1-3H2,(H3,11,12,13,14). The first-order valence-electron chi connectivity index (χ1n) is 4.95. The van der Waals surface area contributed by atoms with Crippen molar-refractivity contribution in [1.29, 1.82) is 0 Å². The van der Waals surface area contributed by atoms with Crippen molar-refractivity contribution in [2.75, 3.05) is 5.73 Å². The van der Waals surface area contributed by atoms with Crippen LogP contribution in [0.2, 0.25) is 0 Å². The first-order chi connectivity index (χ1) is 6.83. The van der Waals surface area contributed by atoms with Gasteiger partial charge in [0.1, 0.15) is 11.6 Å². The lowest BCUT2D eigenvalue weighted by molar-refractivity contribution is 0.404. The van der Waals surface area contributed by atoms with E-state index in [1.165, 1.54) is 19.3 Å². The summed E-state index contributed by atoms with van der Waals surface area (Å²) in [4.78, 5) is 11.9. The van der Waals surface area contributed by atoms with Crippen LogP contribution >= 0.6 is 0 Å². The number of fused-ring (bicyclic) bond motifs is 1. The maximum Gasteiger partial charge on any atom is 0.179 e. The van der Waals surface area contributed by atoms with Gasteiger partial charge in [-0.2, -0.15) is 0 Å². The van der Waals surface area contributed by atoms with Crippen LogP contribution in [0.1, 0.15) is 31.0 Å². The summed E-state index contributed by atoms with van der Waals surface area (Å²) in [5.74, 6) is 2.22. The maximum atomic E-state index is 5.59. The van der Waals surface area contributed by atoms with Crippen LogP contribution in [0.4, 0.5) is 5.82 Å². The van der Waals surface area contributed by atoms with Crippen molar-refractivity contribution < 1.29 is 0 Å². The molecule has 0 amide bonds. The summed E-state index contributed by atoms with van der Waals surface area (Å²) < 4.78 is 0. The van der Waals surface area contributed by atoms with Gasteiger partial charge in [0.05, 0.1) is 5.52 Å².